The van der Waals surface area contributed by atoms with E-state index in [-0.39, 0.29) is 17.1 Å². The van der Waals surface area contributed by atoms with Crippen LogP contribution < -0.4 is 10.9 Å². The lowest BCUT2D eigenvalue weighted by Gasteiger charge is -2.23. The zero-order chi connectivity index (χ0) is 14.5. The van der Waals surface area contributed by atoms with Crippen molar-refractivity contribution in [3.05, 3.63) is 22.7 Å². The summed E-state index contributed by atoms with van der Waals surface area (Å²) >= 11 is 1.91. The Labute approximate surface area is 120 Å². The Morgan fingerprint density at radius 1 is 1.47 bits per heavy atom. The molecule has 1 N–H and O–H groups in total. The van der Waals surface area contributed by atoms with E-state index < -0.39 is 0 Å². The molecule has 0 saturated heterocycles. The largest absolute Gasteiger partial charge is 0.363 e. The summed E-state index contributed by atoms with van der Waals surface area (Å²) in [6, 6.07) is 0.259. The van der Waals surface area contributed by atoms with Gasteiger partial charge in [-0.1, -0.05) is 6.92 Å². The highest BCUT2D eigenvalue weighted by atomic mass is 32.2. The molecule has 4 nitrogen and oxygen atoms in total. The summed E-state index contributed by atoms with van der Waals surface area (Å²) in [7, 11) is 0. The molecule has 1 heterocycles. The van der Waals surface area contributed by atoms with Gasteiger partial charge >= 0.3 is 0 Å². The fraction of sp³-hybridized carbons (Fsp3) is 0.714. The van der Waals surface area contributed by atoms with Crippen LogP contribution in [0, 0.1) is 0 Å². The predicted molar refractivity (Wildman–Crippen MR) is 84.2 cm³/mol. The van der Waals surface area contributed by atoms with Crippen molar-refractivity contribution in [2.75, 3.05) is 16.8 Å². The molecule has 1 aromatic heterocycles. The van der Waals surface area contributed by atoms with Crippen LogP contribution in [0.15, 0.2) is 17.2 Å². The summed E-state index contributed by atoms with van der Waals surface area (Å²) in [6.45, 7) is 10.3. The van der Waals surface area contributed by atoms with Crippen molar-refractivity contribution >= 4 is 17.6 Å². The minimum Gasteiger partial charge on any atom is -0.363 e. The molecular weight excluding hydrogens is 258 g/mol. The molecule has 0 aliphatic heterocycles. The second-order valence-corrected chi connectivity index (χ2v) is 7.05. The molecule has 5 heteroatoms. The molecule has 0 spiro atoms. The predicted octanol–water partition coefficient (Wildman–Crippen LogP) is 2.94. The summed E-state index contributed by atoms with van der Waals surface area (Å²) in [6.07, 6.45) is 4.46. The molecule has 0 aliphatic rings. The molecule has 108 valence electrons. The van der Waals surface area contributed by atoms with E-state index in [0.717, 1.165) is 17.9 Å². The van der Waals surface area contributed by atoms with Gasteiger partial charge in [0.25, 0.3) is 5.56 Å². The Bertz CT molecular complexity index is 451. The molecule has 0 amide bonds. The number of nitrogens with zero attached hydrogens (tertiary/aromatic N) is 2. The van der Waals surface area contributed by atoms with Gasteiger partial charge in [0.1, 0.15) is 0 Å². The van der Waals surface area contributed by atoms with E-state index in [1.165, 1.54) is 0 Å². The van der Waals surface area contributed by atoms with Gasteiger partial charge in [0.15, 0.2) is 5.82 Å². The number of hydrogen-bond donors (Lipinski definition) is 1. The van der Waals surface area contributed by atoms with Crippen molar-refractivity contribution < 1.29 is 0 Å². The van der Waals surface area contributed by atoms with Crippen molar-refractivity contribution in [2.45, 2.75) is 52.6 Å². The molecule has 1 unspecified atom stereocenters. The highest BCUT2D eigenvalue weighted by Crippen LogP contribution is 2.12. The Morgan fingerprint density at radius 2 is 2.16 bits per heavy atom. The Kier molecular flexibility index (Phi) is 5.91. The number of rotatable bonds is 6. The van der Waals surface area contributed by atoms with Crippen LogP contribution in [-0.2, 0) is 5.54 Å². The summed E-state index contributed by atoms with van der Waals surface area (Å²) in [5.41, 5.74) is -0.275. The first-order chi connectivity index (χ1) is 8.86. The Morgan fingerprint density at radius 3 is 2.74 bits per heavy atom. The fourth-order valence-electron chi connectivity index (χ4n) is 1.75. The average Bonchev–Trinajstić information content (AvgIpc) is 2.30. The maximum atomic E-state index is 12.3. The van der Waals surface area contributed by atoms with Crippen LogP contribution in [-0.4, -0.2) is 27.1 Å². The van der Waals surface area contributed by atoms with Gasteiger partial charge in [0, 0.05) is 24.0 Å². The van der Waals surface area contributed by atoms with Crippen LogP contribution in [0.4, 0.5) is 5.82 Å². The summed E-state index contributed by atoms with van der Waals surface area (Å²) < 4.78 is 1.72. The highest BCUT2D eigenvalue weighted by Gasteiger charge is 2.17. The third-order valence-electron chi connectivity index (χ3n) is 2.85. The Hall–Kier alpha value is -0.970. The van der Waals surface area contributed by atoms with E-state index >= 15 is 0 Å². The minimum atomic E-state index is -0.224. The zero-order valence-electron chi connectivity index (χ0n) is 12.6. The fourth-order valence-corrected chi connectivity index (χ4v) is 2.56. The number of thioether (sulfide) groups is 1. The first-order valence-corrected chi connectivity index (χ1v) is 7.94. The van der Waals surface area contributed by atoms with Crippen LogP contribution in [0.5, 0.6) is 0 Å². The first-order valence-electron chi connectivity index (χ1n) is 6.78. The molecule has 1 aromatic rings. The second kappa shape index (κ2) is 6.98. The SMILES string of the molecule is CCSCCC(C)Nc1nccn(C(C)(C)C)c1=O. The van der Waals surface area contributed by atoms with Crippen molar-refractivity contribution in [2.24, 2.45) is 0 Å². The smallest absolute Gasteiger partial charge is 0.293 e. The third-order valence-corrected chi connectivity index (χ3v) is 3.78. The van der Waals surface area contributed by atoms with E-state index in [1.54, 1.807) is 17.0 Å². The maximum absolute atomic E-state index is 12.3. The normalized spacial score (nSPS) is 13.3. The van der Waals surface area contributed by atoms with Gasteiger partial charge in [0.2, 0.25) is 0 Å². The molecular formula is C14H25N3OS. The van der Waals surface area contributed by atoms with Gasteiger partial charge in [-0.2, -0.15) is 11.8 Å². The molecule has 1 rings (SSSR count). The molecule has 0 radical (unpaired) electrons. The number of aromatic nitrogens is 2. The molecule has 19 heavy (non-hydrogen) atoms. The average molecular weight is 283 g/mol. The van der Waals surface area contributed by atoms with E-state index in [0.29, 0.717) is 5.82 Å². The molecule has 0 bridgehead atoms. The van der Waals surface area contributed by atoms with Crippen molar-refractivity contribution in [1.82, 2.24) is 9.55 Å². The van der Waals surface area contributed by atoms with Gasteiger partial charge in [0.05, 0.1) is 0 Å². The van der Waals surface area contributed by atoms with Crippen molar-refractivity contribution in [3.8, 4) is 0 Å². The van der Waals surface area contributed by atoms with Gasteiger partial charge in [-0.3, -0.25) is 4.79 Å². The Balaban J connectivity index is 2.77. The number of hydrogen-bond acceptors (Lipinski definition) is 4. The lowest BCUT2D eigenvalue weighted by molar-refractivity contribution is 0.383. The topological polar surface area (TPSA) is 46.9 Å². The highest BCUT2D eigenvalue weighted by molar-refractivity contribution is 7.99. The molecule has 0 aliphatic carbocycles. The minimum absolute atomic E-state index is 0.0509. The van der Waals surface area contributed by atoms with Crippen LogP contribution in [0.2, 0.25) is 0 Å². The summed E-state index contributed by atoms with van der Waals surface area (Å²) in [5.74, 6) is 2.68. The van der Waals surface area contributed by atoms with Crippen LogP contribution in [0.3, 0.4) is 0 Å². The quantitative estimate of drug-likeness (QED) is 0.815. The second-order valence-electron chi connectivity index (χ2n) is 5.65. The maximum Gasteiger partial charge on any atom is 0.293 e. The van der Waals surface area contributed by atoms with Crippen LogP contribution in [0.1, 0.15) is 41.0 Å². The molecule has 0 saturated carbocycles. The van der Waals surface area contributed by atoms with Crippen LogP contribution in [0.25, 0.3) is 0 Å². The summed E-state index contributed by atoms with van der Waals surface area (Å²) in [4.78, 5) is 16.5. The van der Waals surface area contributed by atoms with Gasteiger partial charge < -0.3 is 9.88 Å². The standard InChI is InChI=1S/C14H25N3OS/c1-6-19-10-7-11(2)16-12-13(18)17(9-8-15-12)14(3,4)5/h8-9,11H,6-7,10H2,1-5H3,(H,15,16). The van der Waals surface area contributed by atoms with E-state index in [1.807, 2.05) is 32.5 Å². The van der Waals surface area contributed by atoms with Crippen molar-refractivity contribution in [1.29, 1.82) is 0 Å². The van der Waals surface area contributed by atoms with E-state index in [2.05, 4.69) is 24.1 Å². The molecule has 0 aromatic carbocycles. The zero-order valence-corrected chi connectivity index (χ0v) is 13.4. The number of nitrogens with one attached hydrogen (secondary N) is 1. The monoisotopic (exact) mass is 283 g/mol. The van der Waals surface area contributed by atoms with Gasteiger partial charge in [-0.25, -0.2) is 4.98 Å². The van der Waals surface area contributed by atoms with E-state index in [9.17, 15) is 4.79 Å². The molecule has 1 atom stereocenters. The first kappa shape index (κ1) is 16.1. The lowest BCUT2D eigenvalue weighted by Crippen LogP contribution is -2.36. The van der Waals surface area contributed by atoms with Crippen molar-refractivity contribution in [3.63, 3.8) is 0 Å². The van der Waals surface area contributed by atoms with Crippen LogP contribution >= 0.6 is 11.8 Å². The molecule has 0 fully saturated rings. The van der Waals surface area contributed by atoms with E-state index in [4.69, 9.17) is 0 Å². The third kappa shape index (κ3) is 4.90. The summed E-state index contributed by atoms with van der Waals surface area (Å²) in [5, 5.41) is 3.22. The van der Waals surface area contributed by atoms with Gasteiger partial charge in [-0.05, 0) is 45.6 Å². The van der Waals surface area contributed by atoms with Gasteiger partial charge in [-0.15, -0.1) is 0 Å². The lowest BCUT2D eigenvalue weighted by atomic mass is 10.1. The number of anilines is 1.